The quantitative estimate of drug-likeness (QED) is 0.678. The Labute approximate surface area is 156 Å². The van der Waals surface area contributed by atoms with Crippen molar-refractivity contribution in [3.8, 4) is 0 Å². The van der Waals surface area contributed by atoms with Crippen LogP contribution in [0.15, 0.2) is 23.0 Å². The molecule has 4 rings (SSSR count). The molecule has 3 aromatic heterocycles. The molecule has 3 aromatic rings. The van der Waals surface area contributed by atoms with E-state index in [1.165, 1.54) is 11.3 Å². The normalized spacial score (nSPS) is 17.8. The van der Waals surface area contributed by atoms with Gasteiger partial charge in [-0.25, -0.2) is 14.5 Å². The fourth-order valence-electron chi connectivity index (χ4n) is 3.37. The number of hydrogen-bond acceptors (Lipinski definition) is 5. The number of alkyl halides is 3. The lowest BCUT2D eigenvalue weighted by Gasteiger charge is -2.22. The summed E-state index contributed by atoms with van der Waals surface area (Å²) in [7, 11) is 0. The van der Waals surface area contributed by atoms with Crippen LogP contribution in [0.25, 0.3) is 5.65 Å². The number of carbonyl (C=O) groups is 1. The van der Waals surface area contributed by atoms with Crippen molar-refractivity contribution < 1.29 is 18.0 Å². The maximum absolute atomic E-state index is 13.5. The summed E-state index contributed by atoms with van der Waals surface area (Å²) < 4.78 is 41.2. The first kappa shape index (κ1) is 17.9. The third kappa shape index (κ3) is 3.18. The SMILES string of the molecule is CCc1cc(C(F)(F)F)n2nc(C3CCCN3C(=O)c3cscn3)cc2n1. The summed E-state index contributed by atoms with van der Waals surface area (Å²) in [4.78, 5) is 22.6. The van der Waals surface area contributed by atoms with Gasteiger partial charge in [0, 0.05) is 23.7 Å². The first-order valence-corrected chi connectivity index (χ1v) is 9.48. The second-order valence-electron chi connectivity index (χ2n) is 6.35. The van der Waals surface area contributed by atoms with E-state index in [9.17, 15) is 18.0 Å². The fourth-order valence-corrected chi connectivity index (χ4v) is 3.90. The van der Waals surface area contributed by atoms with E-state index in [2.05, 4.69) is 15.1 Å². The number of halogens is 3. The molecule has 6 nitrogen and oxygen atoms in total. The number of amides is 1. The average molecular weight is 395 g/mol. The van der Waals surface area contributed by atoms with Gasteiger partial charge in [0.1, 0.15) is 11.4 Å². The molecule has 142 valence electrons. The first-order valence-electron chi connectivity index (χ1n) is 8.54. The lowest BCUT2D eigenvalue weighted by Crippen LogP contribution is -2.31. The van der Waals surface area contributed by atoms with Gasteiger partial charge in [0.05, 0.1) is 17.2 Å². The van der Waals surface area contributed by atoms with E-state index in [1.807, 2.05) is 0 Å². The lowest BCUT2D eigenvalue weighted by molar-refractivity contribution is -0.142. The second kappa shape index (κ2) is 6.59. The Hall–Kier alpha value is -2.49. The standard InChI is InChI=1S/C17H16F3N5OS/c1-2-10-6-14(17(18,19)20)25-15(22-10)7-11(23-25)13-4-3-5-24(13)16(26)12-8-27-9-21-12/h6-9,13H,2-5H2,1H3. The first-order chi connectivity index (χ1) is 12.9. The highest BCUT2D eigenvalue weighted by molar-refractivity contribution is 7.07. The number of likely N-dealkylation sites (tertiary alicyclic amines) is 1. The number of aromatic nitrogens is 4. The Morgan fingerprint density at radius 3 is 2.85 bits per heavy atom. The Morgan fingerprint density at radius 1 is 1.37 bits per heavy atom. The summed E-state index contributed by atoms with van der Waals surface area (Å²) in [5.74, 6) is -0.228. The van der Waals surface area contributed by atoms with Crippen molar-refractivity contribution in [1.82, 2.24) is 24.5 Å². The highest BCUT2D eigenvalue weighted by atomic mass is 32.1. The molecule has 1 unspecified atom stereocenters. The molecule has 10 heteroatoms. The van der Waals surface area contributed by atoms with Crippen LogP contribution in [-0.4, -0.2) is 36.9 Å². The van der Waals surface area contributed by atoms with Gasteiger partial charge in [-0.05, 0) is 25.3 Å². The molecule has 0 aliphatic carbocycles. The Kier molecular flexibility index (Phi) is 4.37. The number of hydrogen-bond donors (Lipinski definition) is 0. The molecule has 0 radical (unpaired) electrons. The molecular weight excluding hydrogens is 379 g/mol. The largest absolute Gasteiger partial charge is 0.433 e. The monoisotopic (exact) mass is 395 g/mol. The van der Waals surface area contributed by atoms with Crippen LogP contribution in [0.1, 0.15) is 53.4 Å². The van der Waals surface area contributed by atoms with Crippen molar-refractivity contribution in [2.24, 2.45) is 0 Å². The Bertz CT molecular complexity index is 983. The fraction of sp³-hybridized carbons (Fsp3) is 0.412. The summed E-state index contributed by atoms with van der Waals surface area (Å²) in [6, 6.07) is 2.19. The van der Waals surface area contributed by atoms with Gasteiger partial charge in [0.15, 0.2) is 5.65 Å². The summed E-state index contributed by atoms with van der Waals surface area (Å²) in [5, 5.41) is 5.84. The maximum atomic E-state index is 13.5. The number of aryl methyl sites for hydroxylation is 1. The van der Waals surface area contributed by atoms with Crippen LogP contribution in [0.3, 0.4) is 0 Å². The van der Waals surface area contributed by atoms with Crippen molar-refractivity contribution >= 4 is 22.9 Å². The number of rotatable bonds is 3. The van der Waals surface area contributed by atoms with E-state index < -0.39 is 11.9 Å². The summed E-state index contributed by atoms with van der Waals surface area (Å²) in [6.45, 7) is 2.27. The molecular formula is C17H16F3N5OS. The second-order valence-corrected chi connectivity index (χ2v) is 7.07. The van der Waals surface area contributed by atoms with Crippen molar-refractivity contribution in [3.63, 3.8) is 0 Å². The lowest BCUT2D eigenvalue weighted by atomic mass is 10.1. The minimum absolute atomic E-state index is 0.143. The Morgan fingerprint density at radius 2 is 2.19 bits per heavy atom. The molecule has 1 saturated heterocycles. The Balaban J connectivity index is 1.76. The molecule has 0 aromatic carbocycles. The zero-order chi connectivity index (χ0) is 19.2. The van der Waals surface area contributed by atoms with E-state index in [0.717, 1.165) is 17.0 Å². The van der Waals surface area contributed by atoms with Crippen LogP contribution < -0.4 is 0 Å². The van der Waals surface area contributed by atoms with Crippen LogP contribution in [-0.2, 0) is 12.6 Å². The summed E-state index contributed by atoms with van der Waals surface area (Å²) in [6.07, 6.45) is -2.76. The number of thiazole rings is 1. The molecule has 4 heterocycles. The molecule has 1 atom stereocenters. The van der Waals surface area contributed by atoms with E-state index in [1.54, 1.807) is 28.8 Å². The van der Waals surface area contributed by atoms with Crippen molar-refractivity contribution in [2.45, 2.75) is 38.4 Å². The molecule has 27 heavy (non-hydrogen) atoms. The molecule has 1 aliphatic heterocycles. The van der Waals surface area contributed by atoms with E-state index in [-0.39, 0.29) is 17.6 Å². The molecule has 0 spiro atoms. The minimum Gasteiger partial charge on any atom is -0.329 e. The zero-order valence-corrected chi connectivity index (χ0v) is 15.2. The topological polar surface area (TPSA) is 63.4 Å². The smallest absolute Gasteiger partial charge is 0.329 e. The van der Waals surface area contributed by atoms with Crippen LogP contribution in [0, 0.1) is 0 Å². The number of carbonyl (C=O) groups excluding carboxylic acids is 1. The third-order valence-electron chi connectivity index (χ3n) is 4.66. The molecule has 0 bridgehead atoms. The summed E-state index contributed by atoms with van der Waals surface area (Å²) in [5.41, 5.74) is 1.98. The minimum atomic E-state index is -4.54. The highest BCUT2D eigenvalue weighted by Crippen LogP contribution is 2.35. The van der Waals surface area contributed by atoms with Gasteiger partial charge in [-0.2, -0.15) is 18.3 Å². The third-order valence-corrected chi connectivity index (χ3v) is 5.24. The number of nitrogens with zero attached hydrogens (tertiary/aromatic N) is 5. The van der Waals surface area contributed by atoms with Gasteiger partial charge >= 0.3 is 6.18 Å². The van der Waals surface area contributed by atoms with Crippen molar-refractivity contribution in [2.75, 3.05) is 6.54 Å². The summed E-state index contributed by atoms with van der Waals surface area (Å²) >= 11 is 1.32. The zero-order valence-electron chi connectivity index (χ0n) is 14.4. The van der Waals surface area contributed by atoms with E-state index >= 15 is 0 Å². The molecule has 0 N–H and O–H groups in total. The molecule has 1 amide bonds. The van der Waals surface area contributed by atoms with Crippen LogP contribution in [0.5, 0.6) is 0 Å². The predicted molar refractivity (Wildman–Crippen MR) is 92.5 cm³/mol. The van der Waals surface area contributed by atoms with Crippen molar-refractivity contribution in [1.29, 1.82) is 0 Å². The van der Waals surface area contributed by atoms with Gasteiger partial charge in [-0.1, -0.05) is 6.92 Å². The van der Waals surface area contributed by atoms with Crippen LogP contribution in [0.2, 0.25) is 0 Å². The van der Waals surface area contributed by atoms with Crippen molar-refractivity contribution in [3.05, 3.63) is 45.8 Å². The number of fused-ring (bicyclic) bond motifs is 1. The predicted octanol–water partition coefficient (Wildman–Crippen LogP) is 3.74. The van der Waals surface area contributed by atoms with Gasteiger partial charge in [-0.15, -0.1) is 11.3 Å². The molecule has 1 aliphatic rings. The van der Waals surface area contributed by atoms with Crippen LogP contribution in [0.4, 0.5) is 13.2 Å². The highest BCUT2D eigenvalue weighted by Gasteiger charge is 2.37. The van der Waals surface area contributed by atoms with Gasteiger partial charge < -0.3 is 4.90 Å². The van der Waals surface area contributed by atoms with E-state index in [0.29, 0.717) is 36.5 Å². The molecule has 0 saturated carbocycles. The van der Waals surface area contributed by atoms with Gasteiger partial charge in [0.2, 0.25) is 0 Å². The van der Waals surface area contributed by atoms with Gasteiger partial charge in [0.25, 0.3) is 5.91 Å². The molecule has 1 fully saturated rings. The average Bonchev–Trinajstić information content (AvgIpc) is 3.38. The maximum Gasteiger partial charge on any atom is 0.433 e. The van der Waals surface area contributed by atoms with E-state index in [4.69, 9.17) is 0 Å². The van der Waals surface area contributed by atoms with Crippen LogP contribution >= 0.6 is 11.3 Å². The van der Waals surface area contributed by atoms with Gasteiger partial charge in [-0.3, -0.25) is 4.79 Å².